The van der Waals surface area contributed by atoms with Crippen molar-refractivity contribution in [3.63, 3.8) is 0 Å². The van der Waals surface area contributed by atoms with Gasteiger partial charge in [0.25, 0.3) is 0 Å². The van der Waals surface area contributed by atoms with Crippen LogP contribution in [-0.2, 0) is 9.59 Å². The van der Waals surface area contributed by atoms with Crippen LogP contribution in [0.2, 0.25) is 10.0 Å². The number of anilines is 1. The summed E-state index contributed by atoms with van der Waals surface area (Å²) in [6.45, 7) is 0. The van der Waals surface area contributed by atoms with Crippen LogP contribution in [0.5, 0.6) is 0 Å². The van der Waals surface area contributed by atoms with Gasteiger partial charge in [0.2, 0.25) is 11.8 Å². The summed E-state index contributed by atoms with van der Waals surface area (Å²) < 4.78 is 0. The number of amides is 2. The number of hydrogen-bond donors (Lipinski definition) is 0. The molecule has 4 aliphatic rings. The van der Waals surface area contributed by atoms with Crippen LogP contribution < -0.4 is 4.90 Å². The monoisotopic (exact) mass is 333 g/mol. The fraction of sp³-hybridized carbons (Fsp3) is 0.412. The number of carbonyl (C=O) groups is 2. The second kappa shape index (κ2) is 3.95. The van der Waals surface area contributed by atoms with Gasteiger partial charge in [-0.3, -0.25) is 9.59 Å². The van der Waals surface area contributed by atoms with E-state index in [2.05, 4.69) is 12.2 Å². The van der Waals surface area contributed by atoms with Crippen LogP contribution in [0.25, 0.3) is 0 Å². The van der Waals surface area contributed by atoms with Crippen molar-refractivity contribution in [3.05, 3.63) is 40.4 Å². The van der Waals surface area contributed by atoms with Crippen LogP contribution in [0, 0.1) is 29.1 Å². The summed E-state index contributed by atoms with van der Waals surface area (Å²) in [5, 5.41) is 0.861. The van der Waals surface area contributed by atoms with Gasteiger partial charge in [-0.2, -0.15) is 0 Å². The maximum absolute atomic E-state index is 12.9. The van der Waals surface area contributed by atoms with Crippen molar-refractivity contribution in [2.75, 3.05) is 4.90 Å². The van der Waals surface area contributed by atoms with E-state index in [0.29, 0.717) is 15.7 Å². The highest BCUT2D eigenvalue weighted by Gasteiger charge is 2.73. The molecule has 1 saturated heterocycles. The van der Waals surface area contributed by atoms with E-state index in [-0.39, 0.29) is 40.9 Å². The van der Waals surface area contributed by atoms with E-state index in [1.807, 2.05) is 0 Å². The maximum Gasteiger partial charge on any atom is 0.238 e. The smallest absolute Gasteiger partial charge is 0.238 e. The molecule has 1 aromatic carbocycles. The summed E-state index contributed by atoms with van der Waals surface area (Å²) in [4.78, 5) is 27.1. The first-order chi connectivity index (χ1) is 10.5. The fourth-order valence-corrected chi connectivity index (χ4v) is 5.52. The van der Waals surface area contributed by atoms with Gasteiger partial charge in [0.1, 0.15) is 0 Å². The van der Waals surface area contributed by atoms with Gasteiger partial charge >= 0.3 is 0 Å². The molecule has 3 fully saturated rings. The quantitative estimate of drug-likeness (QED) is 0.580. The van der Waals surface area contributed by atoms with Gasteiger partial charge in [0.15, 0.2) is 0 Å². The molecule has 2 bridgehead atoms. The number of halogens is 2. The number of imide groups is 1. The summed E-state index contributed by atoms with van der Waals surface area (Å²) in [5.74, 6) is -0.0874. The van der Waals surface area contributed by atoms with Crippen LogP contribution in [0.4, 0.5) is 5.69 Å². The zero-order valence-electron chi connectivity index (χ0n) is 11.6. The Balaban J connectivity index is 1.59. The first-order valence-electron chi connectivity index (χ1n) is 7.55. The van der Waals surface area contributed by atoms with Gasteiger partial charge in [-0.25, -0.2) is 4.90 Å². The van der Waals surface area contributed by atoms with Gasteiger partial charge < -0.3 is 0 Å². The summed E-state index contributed by atoms with van der Waals surface area (Å²) in [6.07, 6.45) is 6.62. The maximum atomic E-state index is 12.9. The lowest BCUT2D eigenvalue weighted by atomic mass is 9.85. The number of carbonyl (C=O) groups excluding carboxylic acids is 2. The van der Waals surface area contributed by atoms with E-state index >= 15 is 0 Å². The zero-order valence-corrected chi connectivity index (χ0v) is 13.1. The van der Waals surface area contributed by atoms with Crippen molar-refractivity contribution in [2.24, 2.45) is 29.1 Å². The highest BCUT2D eigenvalue weighted by Crippen LogP contribution is 2.73. The van der Waals surface area contributed by atoms with Crippen molar-refractivity contribution < 1.29 is 9.59 Å². The number of benzene rings is 1. The average molecular weight is 334 g/mol. The lowest BCUT2D eigenvalue weighted by Crippen LogP contribution is -2.34. The Kier molecular flexibility index (Phi) is 2.36. The molecule has 3 nitrogen and oxygen atoms in total. The largest absolute Gasteiger partial charge is 0.274 e. The minimum atomic E-state index is -0.192. The molecule has 3 aliphatic carbocycles. The Morgan fingerprint density at radius 3 is 1.86 bits per heavy atom. The third-order valence-electron chi connectivity index (χ3n) is 5.96. The molecule has 2 saturated carbocycles. The predicted molar refractivity (Wildman–Crippen MR) is 83.7 cm³/mol. The molecule has 2 amide bonds. The SMILES string of the molecule is O=C1[C@@H]2[C@@H](C(=O)N1c1cc(Cl)cc(Cl)c1)[C@@H]1C=C[C@@H]2C12CC2. The molecule has 1 spiro atoms. The molecule has 22 heavy (non-hydrogen) atoms. The van der Waals surface area contributed by atoms with E-state index in [9.17, 15) is 9.59 Å². The molecule has 1 aromatic rings. The molecule has 0 N–H and O–H groups in total. The van der Waals surface area contributed by atoms with Crippen LogP contribution in [0.3, 0.4) is 0 Å². The summed E-state index contributed by atoms with van der Waals surface area (Å²) in [7, 11) is 0. The Morgan fingerprint density at radius 1 is 0.909 bits per heavy atom. The van der Waals surface area contributed by atoms with Crippen molar-refractivity contribution in [1.82, 2.24) is 0 Å². The molecule has 4 atom stereocenters. The first kappa shape index (κ1) is 13.1. The average Bonchev–Trinajstić information content (AvgIpc) is 3.04. The Labute approximate surface area is 137 Å². The molecule has 0 radical (unpaired) electrons. The van der Waals surface area contributed by atoms with Gasteiger partial charge in [-0.15, -0.1) is 0 Å². The zero-order chi connectivity index (χ0) is 15.2. The van der Waals surface area contributed by atoms with Crippen molar-refractivity contribution in [3.8, 4) is 0 Å². The van der Waals surface area contributed by atoms with E-state index < -0.39 is 0 Å². The number of nitrogens with zero attached hydrogens (tertiary/aromatic N) is 1. The fourth-order valence-electron chi connectivity index (χ4n) is 5.00. The Morgan fingerprint density at radius 2 is 1.41 bits per heavy atom. The molecule has 112 valence electrons. The molecule has 1 heterocycles. The van der Waals surface area contributed by atoms with Crippen molar-refractivity contribution >= 4 is 40.7 Å². The predicted octanol–water partition coefficient (Wildman–Crippen LogP) is 3.70. The molecular formula is C17H13Cl2NO2. The Bertz CT molecular complexity index is 714. The van der Waals surface area contributed by atoms with Crippen molar-refractivity contribution in [1.29, 1.82) is 0 Å². The topological polar surface area (TPSA) is 37.4 Å². The highest BCUT2D eigenvalue weighted by atomic mass is 35.5. The standard InChI is InChI=1S/C17H13Cl2NO2/c18-8-5-9(19)7-10(6-8)20-15(21)13-11-1-2-12(14(13)16(20)22)17(11)3-4-17/h1-2,5-7,11-14H,3-4H2/t11-,12-,13-,14-/m0/s1. The summed E-state index contributed by atoms with van der Waals surface area (Å²) >= 11 is 12.0. The molecule has 1 aliphatic heterocycles. The van der Waals surface area contributed by atoms with Gasteiger partial charge in [-0.05, 0) is 48.3 Å². The molecular weight excluding hydrogens is 321 g/mol. The summed E-state index contributed by atoms with van der Waals surface area (Å²) in [5.41, 5.74) is 0.713. The van der Waals surface area contributed by atoms with Crippen LogP contribution >= 0.6 is 23.2 Å². The van der Waals surface area contributed by atoms with Crippen molar-refractivity contribution in [2.45, 2.75) is 12.8 Å². The van der Waals surface area contributed by atoms with Gasteiger partial charge in [0, 0.05) is 10.0 Å². The number of fused-ring (bicyclic) bond motifs is 3. The van der Waals surface area contributed by atoms with Gasteiger partial charge in [0.05, 0.1) is 17.5 Å². The number of allylic oxidation sites excluding steroid dienone is 2. The highest BCUT2D eigenvalue weighted by molar-refractivity contribution is 6.35. The Hall–Kier alpha value is -1.32. The second-order valence-electron chi connectivity index (χ2n) is 6.86. The normalized spacial score (nSPS) is 36.5. The second-order valence-corrected chi connectivity index (χ2v) is 7.73. The third-order valence-corrected chi connectivity index (χ3v) is 6.39. The van der Waals surface area contributed by atoms with Crippen LogP contribution in [-0.4, -0.2) is 11.8 Å². The lowest BCUT2D eigenvalue weighted by Gasteiger charge is -2.22. The molecule has 0 unspecified atom stereocenters. The molecule has 5 heteroatoms. The van der Waals surface area contributed by atoms with Crippen LogP contribution in [0.1, 0.15) is 12.8 Å². The molecule has 5 rings (SSSR count). The van der Waals surface area contributed by atoms with Gasteiger partial charge in [-0.1, -0.05) is 35.4 Å². The number of rotatable bonds is 1. The summed E-state index contributed by atoms with van der Waals surface area (Å²) in [6, 6.07) is 4.86. The van der Waals surface area contributed by atoms with E-state index in [4.69, 9.17) is 23.2 Å². The number of hydrogen-bond acceptors (Lipinski definition) is 2. The van der Waals surface area contributed by atoms with E-state index in [1.165, 1.54) is 4.90 Å². The lowest BCUT2D eigenvalue weighted by molar-refractivity contribution is -0.123. The van der Waals surface area contributed by atoms with E-state index in [0.717, 1.165) is 12.8 Å². The minimum absolute atomic E-state index is 0.0866. The first-order valence-corrected chi connectivity index (χ1v) is 8.31. The minimum Gasteiger partial charge on any atom is -0.274 e. The van der Waals surface area contributed by atoms with E-state index in [1.54, 1.807) is 18.2 Å². The van der Waals surface area contributed by atoms with Crippen LogP contribution in [0.15, 0.2) is 30.4 Å². The third kappa shape index (κ3) is 1.40. The molecule has 0 aromatic heterocycles.